The Labute approximate surface area is 125 Å². The first-order chi connectivity index (χ1) is 9.77. The van der Waals surface area contributed by atoms with Gasteiger partial charge in [-0.2, -0.15) is 0 Å². The normalized spacial score (nSPS) is 11.5. The lowest BCUT2D eigenvalue weighted by molar-refractivity contribution is -0.135. The standard InChI is InChI=1S/C18H32O2/c1-3-4-5-6-7-8-9-10-11-12-13-14-15-16-17-20-18(2)19/h11-12,16-17H,3-10,13-15H2,1-2H3/b12-11+,17-16-. The molecule has 0 saturated heterocycles. The van der Waals surface area contributed by atoms with Crippen LogP contribution in [0.4, 0.5) is 0 Å². The van der Waals surface area contributed by atoms with Gasteiger partial charge in [-0.05, 0) is 38.2 Å². The molecule has 2 heteroatoms. The highest BCUT2D eigenvalue weighted by Crippen LogP contribution is 2.09. The van der Waals surface area contributed by atoms with Crippen LogP contribution in [0, 0.1) is 0 Å². The molecular weight excluding hydrogens is 248 g/mol. The van der Waals surface area contributed by atoms with Crippen molar-refractivity contribution in [2.45, 2.75) is 84.5 Å². The van der Waals surface area contributed by atoms with Crippen molar-refractivity contribution < 1.29 is 9.53 Å². The minimum Gasteiger partial charge on any atom is -0.435 e. The average Bonchev–Trinajstić information content (AvgIpc) is 2.43. The quantitative estimate of drug-likeness (QED) is 0.181. The van der Waals surface area contributed by atoms with E-state index >= 15 is 0 Å². The summed E-state index contributed by atoms with van der Waals surface area (Å²) in [4.78, 5) is 10.5. The van der Waals surface area contributed by atoms with Crippen molar-refractivity contribution in [1.82, 2.24) is 0 Å². The SMILES string of the molecule is CCCCCCCCC/C=C/CCC/C=C\OC(C)=O. The monoisotopic (exact) mass is 280 g/mol. The third-order valence-electron chi connectivity index (χ3n) is 3.21. The highest BCUT2D eigenvalue weighted by atomic mass is 16.5. The van der Waals surface area contributed by atoms with E-state index in [0.29, 0.717) is 0 Å². The van der Waals surface area contributed by atoms with Gasteiger partial charge in [0, 0.05) is 6.92 Å². The number of hydrogen-bond donors (Lipinski definition) is 0. The molecule has 0 aliphatic carbocycles. The second-order valence-electron chi connectivity index (χ2n) is 5.29. The van der Waals surface area contributed by atoms with Gasteiger partial charge in [-0.25, -0.2) is 0 Å². The summed E-state index contributed by atoms with van der Waals surface area (Å²) >= 11 is 0. The van der Waals surface area contributed by atoms with Gasteiger partial charge in [0.2, 0.25) is 0 Å². The van der Waals surface area contributed by atoms with Crippen molar-refractivity contribution in [3.63, 3.8) is 0 Å². The van der Waals surface area contributed by atoms with Crippen molar-refractivity contribution in [1.29, 1.82) is 0 Å². The zero-order valence-electron chi connectivity index (χ0n) is 13.4. The van der Waals surface area contributed by atoms with Crippen LogP contribution in [0.15, 0.2) is 24.5 Å². The van der Waals surface area contributed by atoms with Crippen molar-refractivity contribution in [3.8, 4) is 0 Å². The number of carbonyl (C=O) groups excluding carboxylic acids is 1. The van der Waals surface area contributed by atoms with Crippen LogP contribution in [0.2, 0.25) is 0 Å². The minimum absolute atomic E-state index is 0.254. The van der Waals surface area contributed by atoms with E-state index in [9.17, 15) is 4.79 Å². The first-order valence-corrected chi connectivity index (χ1v) is 8.24. The van der Waals surface area contributed by atoms with E-state index in [1.54, 1.807) is 0 Å². The van der Waals surface area contributed by atoms with Gasteiger partial charge in [0.1, 0.15) is 0 Å². The van der Waals surface area contributed by atoms with Crippen LogP contribution in [-0.4, -0.2) is 5.97 Å². The van der Waals surface area contributed by atoms with Gasteiger partial charge in [0.25, 0.3) is 0 Å². The van der Waals surface area contributed by atoms with Crippen molar-refractivity contribution >= 4 is 5.97 Å². The topological polar surface area (TPSA) is 26.3 Å². The average molecular weight is 280 g/mol. The number of hydrogen-bond acceptors (Lipinski definition) is 2. The Hall–Kier alpha value is -1.05. The summed E-state index contributed by atoms with van der Waals surface area (Å²) in [5.41, 5.74) is 0. The maximum absolute atomic E-state index is 10.5. The Kier molecular flexibility index (Phi) is 15.2. The molecule has 20 heavy (non-hydrogen) atoms. The van der Waals surface area contributed by atoms with E-state index in [0.717, 1.165) is 19.3 Å². The molecule has 0 bridgehead atoms. The molecular formula is C18H32O2. The first-order valence-electron chi connectivity index (χ1n) is 8.24. The molecule has 0 radical (unpaired) electrons. The number of esters is 1. The van der Waals surface area contributed by atoms with Gasteiger partial charge in [-0.3, -0.25) is 4.79 Å². The highest BCUT2D eigenvalue weighted by Gasteiger charge is 1.89. The molecule has 0 aliphatic heterocycles. The fourth-order valence-electron chi connectivity index (χ4n) is 2.02. The molecule has 0 atom stereocenters. The highest BCUT2D eigenvalue weighted by molar-refractivity contribution is 5.66. The number of carbonyl (C=O) groups is 1. The minimum atomic E-state index is -0.254. The molecule has 0 N–H and O–H groups in total. The molecule has 0 amide bonds. The lowest BCUT2D eigenvalue weighted by atomic mass is 10.1. The molecule has 0 rings (SSSR count). The summed E-state index contributed by atoms with van der Waals surface area (Å²) in [5.74, 6) is -0.254. The second kappa shape index (κ2) is 16.0. The Bertz CT molecular complexity index is 267. The van der Waals surface area contributed by atoms with Gasteiger partial charge in [-0.1, -0.05) is 57.6 Å². The van der Waals surface area contributed by atoms with E-state index in [4.69, 9.17) is 4.74 Å². The Morgan fingerprint density at radius 3 is 2.00 bits per heavy atom. The smallest absolute Gasteiger partial charge is 0.307 e. The Balaban J connectivity index is 3.16. The fourth-order valence-corrected chi connectivity index (χ4v) is 2.02. The summed E-state index contributed by atoms with van der Waals surface area (Å²) in [5, 5.41) is 0. The third-order valence-corrected chi connectivity index (χ3v) is 3.21. The lowest BCUT2D eigenvalue weighted by Crippen LogP contribution is -1.89. The molecule has 2 nitrogen and oxygen atoms in total. The van der Waals surface area contributed by atoms with E-state index in [1.807, 2.05) is 6.08 Å². The number of allylic oxidation sites excluding steroid dienone is 3. The summed E-state index contributed by atoms with van der Waals surface area (Å²) in [7, 11) is 0. The number of unbranched alkanes of at least 4 members (excludes halogenated alkanes) is 9. The summed E-state index contributed by atoms with van der Waals surface area (Å²) in [6, 6.07) is 0. The van der Waals surface area contributed by atoms with Crippen molar-refractivity contribution in [3.05, 3.63) is 24.5 Å². The van der Waals surface area contributed by atoms with E-state index in [1.165, 1.54) is 64.6 Å². The van der Waals surface area contributed by atoms with Crippen LogP contribution in [-0.2, 0) is 9.53 Å². The first kappa shape index (κ1) is 18.9. The van der Waals surface area contributed by atoms with Gasteiger partial charge in [-0.15, -0.1) is 0 Å². The molecule has 0 aromatic carbocycles. The van der Waals surface area contributed by atoms with E-state index in [2.05, 4.69) is 19.1 Å². The van der Waals surface area contributed by atoms with Crippen LogP contribution < -0.4 is 0 Å². The van der Waals surface area contributed by atoms with Crippen LogP contribution in [0.5, 0.6) is 0 Å². The summed E-state index contributed by atoms with van der Waals surface area (Å²) < 4.78 is 4.71. The summed E-state index contributed by atoms with van der Waals surface area (Å²) in [6.07, 6.45) is 22.0. The molecule has 116 valence electrons. The lowest BCUT2D eigenvalue weighted by Gasteiger charge is -1.98. The van der Waals surface area contributed by atoms with E-state index in [-0.39, 0.29) is 5.97 Å². The molecule has 0 unspecified atom stereocenters. The van der Waals surface area contributed by atoms with Crippen LogP contribution in [0.3, 0.4) is 0 Å². The number of rotatable bonds is 13. The van der Waals surface area contributed by atoms with Crippen LogP contribution in [0.25, 0.3) is 0 Å². The molecule has 0 spiro atoms. The maximum atomic E-state index is 10.5. The predicted molar refractivity (Wildman–Crippen MR) is 86.5 cm³/mol. The second-order valence-corrected chi connectivity index (χ2v) is 5.29. The van der Waals surface area contributed by atoms with Gasteiger partial charge < -0.3 is 4.74 Å². The molecule has 0 aliphatic rings. The van der Waals surface area contributed by atoms with Crippen LogP contribution >= 0.6 is 0 Å². The molecule has 0 aromatic rings. The largest absolute Gasteiger partial charge is 0.435 e. The molecule has 0 saturated carbocycles. The maximum Gasteiger partial charge on any atom is 0.307 e. The fraction of sp³-hybridized carbons (Fsp3) is 0.722. The van der Waals surface area contributed by atoms with Gasteiger partial charge in [0.15, 0.2) is 0 Å². The third kappa shape index (κ3) is 16.9. The zero-order valence-corrected chi connectivity index (χ0v) is 13.4. The Morgan fingerprint density at radius 1 is 0.800 bits per heavy atom. The number of ether oxygens (including phenoxy) is 1. The molecule has 0 fully saturated rings. The Morgan fingerprint density at radius 2 is 1.35 bits per heavy atom. The summed E-state index contributed by atoms with van der Waals surface area (Å²) in [6.45, 7) is 3.67. The van der Waals surface area contributed by atoms with Gasteiger partial charge >= 0.3 is 5.97 Å². The predicted octanol–water partition coefficient (Wildman–Crippen LogP) is 5.93. The zero-order chi connectivity index (χ0) is 14.9. The van der Waals surface area contributed by atoms with E-state index < -0.39 is 0 Å². The molecule has 0 aromatic heterocycles. The van der Waals surface area contributed by atoms with Crippen molar-refractivity contribution in [2.75, 3.05) is 0 Å². The molecule has 0 heterocycles. The van der Waals surface area contributed by atoms with Crippen molar-refractivity contribution in [2.24, 2.45) is 0 Å². The van der Waals surface area contributed by atoms with Gasteiger partial charge in [0.05, 0.1) is 6.26 Å². The van der Waals surface area contributed by atoms with Crippen LogP contribution in [0.1, 0.15) is 84.5 Å².